The highest BCUT2D eigenvalue weighted by molar-refractivity contribution is 5.91. The average Bonchev–Trinajstić information content (AvgIpc) is 2.54. The molecule has 6 heteroatoms. The van der Waals surface area contributed by atoms with Crippen LogP contribution in [-0.2, 0) is 16.2 Å². The number of amides is 1. The molecule has 2 rings (SSSR count). The maximum Gasteiger partial charge on any atom is 0.270 e. The third-order valence-electron chi connectivity index (χ3n) is 2.76. The molecule has 22 heavy (non-hydrogen) atoms. The Morgan fingerprint density at radius 1 is 1.18 bits per heavy atom. The number of hydroxylamine groups is 1. The predicted octanol–water partition coefficient (Wildman–Crippen LogP) is 2.86. The number of hydrogen-bond donors (Lipinski definition) is 1. The number of nitrogens with one attached hydrogen (secondary N) is 1. The summed E-state index contributed by atoms with van der Waals surface area (Å²) in [5.41, 5.74) is 3.75. The largest absolute Gasteiger partial charge is 0.270 e. The molecule has 0 atom stereocenters. The van der Waals surface area contributed by atoms with Gasteiger partial charge in [0.05, 0.1) is 11.5 Å². The van der Waals surface area contributed by atoms with Crippen molar-refractivity contribution < 1.29 is 14.6 Å². The van der Waals surface area contributed by atoms with Gasteiger partial charge in [0.1, 0.15) is 0 Å². The van der Waals surface area contributed by atoms with E-state index in [0.717, 1.165) is 5.56 Å². The molecule has 0 unspecified atom stereocenters. The lowest BCUT2D eigenvalue weighted by atomic mass is 10.2. The Hall–Kier alpha value is -2.99. The van der Waals surface area contributed by atoms with Crippen LogP contribution < -0.4 is 5.48 Å². The number of non-ortho nitro benzene ring substituents is 1. The van der Waals surface area contributed by atoms with Crippen LogP contribution in [0.4, 0.5) is 5.69 Å². The van der Waals surface area contributed by atoms with Gasteiger partial charge in [-0.1, -0.05) is 42.5 Å². The summed E-state index contributed by atoms with van der Waals surface area (Å²) in [5, 5.41) is 10.6. The van der Waals surface area contributed by atoms with E-state index in [-0.39, 0.29) is 12.3 Å². The molecule has 0 aromatic heterocycles. The molecule has 2 aromatic rings. The van der Waals surface area contributed by atoms with Crippen LogP contribution in [0.5, 0.6) is 0 Å². The van der Waals surface area contributed by atoms with E-state index in [2.05, 4.69) is 5.48 Å². The molecule has 112 valence electrons. The van der Waals surface area contributed by atoms with Crippen molar-refractivity contribution in [3.63, 3.8) is 0 Å². The molecular weight excluding hydrogens is 284 g/mol. The molecule has 0 fully saturated rings. The minimum Gasteiger partial charge on any atom is -0.269 e. The molecule has 0 heterocycles. The summed E-state index contributed by atoms with van der Waals surface area (Å²) in [6, 6.07) is 15.4. The van der Waals surface area contributed by atoms with Crippen LogP contribution in [0.15, 0.2) is 60.7 Å². The van der Waals surface area contributed by atoms with Crippen molar-refractivity contribution in [3.05, 3.63) is 81.9 Å². The standard InChI is InChI=1S/C16H14N2O4/c19-16(17-22-12-14-5-2-1-3-6-14)10-9-13-7-4-8-15(11-13)18(20)21/h1-11H,12H2,(H,17,19)/b10-9+. The van der Waals surface area contributed by atoms with Crippen molar-refractivity contribution in [1.29, 1.82) is 0 Å². The number of carbonyl (C=O) groups excluding carboxylic acids is 1. The number of rotatable bonds is 6. The van der Waals surface area contributed by atoms with Gasteiger partial charge in [0.15, 0.2) is 0 Å². The first-order chi connectivity index (χ1) is 10.6. The van der Waals surface area contributed by atoms with Gasteiger partial charge in [0.2, 0.25) is 0 Å². The Balaban J connectivity index is 1.84. The summed E-state index contributed by atoms with van der Waals surface area (Å²) < 4.78 is 0. The number of carbonyl (C=O) groups is 1. The summed E-state index contributed by atoms with van der Waals surface area (Å²) in [6.07, 6.45) is 2.73. The first-order valence-corrected chi connectivity index (χ1v) is 6.53. The van der Waals surface area contributed by atoms with Crippen LogP contribution in [0.1, 0.15) is 11.1 Å². The number of nitrogens with zero attached hydrogens (tertiary/aromatic N) is 1. The van der Waals surface area contributed by atoms with E-state index in [1.807, 2.05) is 30.3 Å². The molecule has 0 aliphatic heterocycles. The van der Waals surface area contributed by atoms with E-state index in [0.29, 0.717) is 5.56 Å². The van der Waals surface area contributed by atoms with Crippen LogP contribution in [0.3, 0.4) is 0 Å². The number of nitro groups is 1. The minimum atomic E-state index is -0.486. The zero-order valence-corrected chi connectivity index (χ0v) is 11.6. The molecule has 0 saturated carbocycles. The summed E-state index contributed by atoms with van der Waals surface area (Å²) in [6.45, 7) is 0.261. The summed E-state index contributed by atoms with van der Waals surface area (Å²) in [4.78, 5) is 26.8. The minimum absolute atomic E-state index is 0.0251. The monoisotopic (exact) mass is 298 g/mol. The Morgan fingerprint density at radius 2 is 1.95 bits per heavy atom. The quantitative estimate of drug-likeness (QED) is 0.505. The van der Waals surface area contributed by atoms with Crippen LogP contribution in [0.2, 0.25) is 0 Å². The van der Waals surface area contributed by atoms with E-state index in [1.165, 1.54) is 24.3 Å². The van der Waals surface area contributed by atoms with Crippen molar-refractivity contribution in [3.8, 4) is 0 Å². The summed E-state index contributed by atoms with van der Waals surface area (Å²) >= 11 is 0. The molecule has 0 saturated heterocycles. The Morgan fingerprint density at radius 3 is 2.68 bits per heavy atom. The molecule has 0 bridgehead atoms. The van der Waals surface area contributed by atoms with Crippen molar-refractivity contribution in [2.45, 2.75) is 6.61 Å². The highest BCUT2D eigenvalue weighted by Crippen LogP contribution is 2.13. The van der Waals surface area contributed by atoms with Crippen LogP contribution >= 0.6 is 0 Å². The van der Waals surface area contributed by atoms with Crippen LogP contribution in [-0.4, -0.2) is 10.8 Å². The molecule has 0 aliphatic rings. The van der Waals surface area contributed by atoms with Gasteiger partial charge in [0, 0.05) is 18.2 Å². The number of nitro benzene ring substituents is 1. The zero-order valence-electron chi connectivity index (χ0n) is 11.6. The fourth-order valence-electron chi connectivity index (χ4n) is 1.71. The average molecular weight is 298 g/mol. The van der Waals surface area contributed by atoms with Crippen molar-refractivity contribution in [2.75, 3.05) is 0 Å². The lowest BCUT2D eigenvalue weighted by Crippen LogP contribution is -2.21. The van der Waals surface area contributed by atoms with E-state index < -0.39 is 10.8 Å². The Bertz CT molecular complexity index is 684. The second-order valence-electron chi connectivity index (χ2n) is 4.43. The second kappa shape index (κ2) is 7.70. The third kappa shape index (κ3) is 4.84. The molecular formula is C16H14N2O4. The first kappa shape index (κ1) is 15.4. The van der Waals surface area contributed by atoms with E-state index in [1.54, 1.807) is 12.1 Å². The highest BCUT2D eigenvalue weighted by atomic mass is 16.6. The predicted molar refractivity (Wildman–Crippen MR) is 81.5 cm³/mol. The van der Waals surface area contributed by atoms with E-state index >= 15 is 0 Å². The number of benzene rings is 2. The fraction of sp³-hybridized carbons (Fsp3) is 0.0625. The second-order valence-corrected chi connectivity index (χ2v) is 4.43. The molecule has 1 N–H and O–H groups in total. The Labute approximate surface area is 127 Å². The molecule has 6 nitrogen and oxygen atoms in total. The van der Waals surface area contributed by atoms with Gasteiger partial charge < -0.3 is 0 Å². The van der Waals surface area contributed by atoms with Crippen LogP contribution in [0.25, 0.3) is 6.08 Å². The van der Waals surface area contributed by atoms with Crippen molar-refractivity contribution in [1.82, 2.24) is 5.48 Å². The zero-order chi connectivity index (χ0) is 15.8. The van der Waals surface area contributed by atoms with Gasteiger partial charge in [0.25, 0.3) is 11.6 Å². The van der Waals surface area contributed by atoms with Gasteiger partial charge in [-0.25, -0.2) is 5.48 Å². The van der Waals surface area contributed by atoms with Crippen LogP contribution in [0, 0.1) is 10.1 Å². The molecule has 0 radical (unpaired) electrons. The van der Waals surface area contributed by atoms with Gasteiger partial charge in [-0.3, -0.25) is 19.7 Å². The summed E-state index contributed by atoms with van der Waals surface area (Å²) in [5.74, 6) is -0.442. The first-order valence-electron chi connectivity index (χ1n) is 6.53. The molecule has 0 aliphatic carbocycles. The lowest BCUT2D eigenvalue weighted by molar-refractivity contribution is -0.384. The molecule has 1 amide bonds. The topological polar surface area (TPSA) is 81.5 Å². The Kier molecular flexibility index (Phi) is 5.39. The van der Waals surface area contributed by atoms with Gasteiger partial charge in [-0.15, -0.1) is 0 Å². The van der Waals surface area contributed by atoms with E-state index in [9.17, 15) is 14.9 Å². The van der Waals surface area contributed by atoms with Gasteiger partial charge >= 0.3 is 0 Å². The summed E-state index contributed by atoms with van der Waals surface area (Å²) in [7, 11) is 0. The molecule has 0 spiro atoms. The molecule has 2 aromatic carbocycles. The maximum absolute atomic E-state index is 11.6. The fourth-order valence-corrected chi connectivity index (χ4v) is 1.71. The normalized spacial score (nSPS) is 10.5. The van der Waals surface area contributed by atoms with Crippen molar-refractivity contribution in [2.24, 2.45) is 0 Å². The smallest absolute Gasteiger partial charge is 0.269 e. The highest BCUT2D eigenvalue weighted by Gasteiger charge is 2.04. The third-order valence-corrected chi connectivity index (χ3v) is 2.76. The SMILES string of the molecule is O=C(/C=C/c1cccc([N+](=O)[O-])c1)NOCc1ccccc1. The van der Waals surface area contributed by atoms with Crippen molar-refractivity contribution >= 4 is 17.7 Å². The van der Waals surface area contributed by atoms with E-state index in [4.69, 9.17) is 4.84 Å². The van der Waals surface area contributed by atoms with Gasteiger partial charge in [-0.05, 0) is 17.2 Å². The van der Waals surface area contributed by atoms with Gasteiger partial charge in [-0.2, -0.15) is 0 Å². The number of hydrogen-bond acceptors (Lipinski definition) is 4. The lowest BCUT2D eigenvalue weighted by Gasteiger charge is -2.03. The maximum atomic E-state index is 11.6.